The molecule has 2 aromatic rings. The molecule has 1 unspecified atom stereocenters. The van der Waals surface area contributed by atoms with Gasteiger partial charge in [-0.25, -0.2) is 4.79 Å². The number of aromatic amines is 2. The van der Waals surface area contributed by atoms with Gasteiger partial charge in [-0.15, -0.1) is 0 Å². The summed E-state index contributed by atoms with van der Waals surface area (Å²) in [5.41, 5.74) is 7.99. The van der Waals surface area contributed by atoms with Crippen molar-refractivity contribution in [1.29, 1.82) is 0 Å². The van der Waals surface area contributed by atoms with Crippen LogP contribution in [0.1, 0.15) is 18.0 Å². The molecule has 1 atom stereocenters. The summed E-state index contributed by atoms with van der Waals surface area (Å²) in [5.74, 6) is -0.0230. The van der Waals surface area contributed by atoms with Crippen molar-refractivity contribution < 1.29 is 4.79 Å². The first-order valence-corrected chi connectivity index (χ1v) is 5.65. The quantitative estimate of drug-likeness (QED) is 0.730. The lowest BCUT2D eigenvalue weighted by atomic mass is 10.0. The minimum atomic E-state index is -0.372. The minimum Gasteiger partial charge on any atom is -0.349 e. The van der Waals surface area contributed by atoms with Crippen molar-refractivity contribution in [2.24, 2.45) is 5.73 Å². The lowest BCUT2D eigenvalue weighted by Crippen LogP contribution is -2.26. The molecule has 4 N–H and O–H groups in total. The molecule has 96 valence electrons. The molecule has 2 rings (SSSR count). The number of carbonyl (C=O) groups excluding carboxylic acids is 1. The smallest absolute Gasteiger partial charge is 0.323 e. The fourth-order valence-corrected chi connectivity index (χ4v) is 1.77. The van der Waals surface area contributed by atoms with Gasteiger partial charge in [0.05, 0.1) is 11.0 Å². The first-order valence-electron chi connectivity index (χ1n) is 5.65. The number of amides is 1. The zero-order chi connectivity index (χ0) is 13.3. The summed E-state index contributed by atoms with van der Waals surface area (Å²) < 4.78 is 0. The Hall–Kier alpha value is -2.08. The molecule has 0 spiro atoms. The maximum atomic E-state index is 11.6. The molecule has 0 aliphatic carbocycles. The van der Waals surface area contributed by atoms with E-state index in [1.807, 2.05) is 6.07 Å². The Morgan fingerprint density at radius 3 is 2.67 bits per heavy atom. The van der Waals surface area contributed by atoms with Gasteiger partial charge in [0.2, 0.25) is 5.91 Å². The number of carbonyl (C=O) groups is 1. The van der Waals surface area contributed by atoms with Gasteiger partial charge >= 0.3 is 5.69 Å². The number of hydrogen-bond acceptors (Lipinski definition) is 3. The van der Waals surface area contributed by atoms with Crippen LogP contribution in [-0.4, -0.2) is 34.9 Å². The average molecular weight is 248 g/mol. The minimum absolute atomic E-state index is 0.0230. The van der Waals surface area contributed by atoms with Crippen LogP contribution in [-0.2, 0) is 4.79 Å². The van der Waals surface area contributed by atoms with Crippen molar-refractivity contribution in [3.8, 4) is 0 Å². The van der Waals surface area contributed by atoms with E-state index in [-0.39, 0.29) is 24.1 Å². The summed E-state index contributed by atoms with van der Waals surface area (Å²) in [6.45, 7) is 0. The van der Waals surface area contributed by atoms with Crippen LogP contribution < -0.4 is 11.4 Å². The van der Waals surface area contributed by atoms with Crippen LogP contribution in [0.25, 0.3) is 11.0 Å². The second-order valence-electron chi connectivity index (χ2n) is 4.48. The molecule has 6 nitrogen and oxygen atoms in total. The molecule has 6 heteroatoms. The van der Waals surface area contributed by atoms with Gasteiger partial charge in [0.25, 0.3) is 0 Å². The molecule has 1 heterocycles. The van der Waals surface area contributed by atoms with Gasteiger partial charge in [-0.1, -0.05) is 6.07 Å². The fraction of sp³-hybridized carbons (Fsp3) is 0.333. The predicted molar refractivity (Wildman–Crippen MR) is 69.2 cm³/mol. The van der Waals surface area contributed by atoms with Crippen LogP contribution in [0.4, 0.5) is 0 Å². The van der Waals surface area contributed by atoms with E-state index in [1.54, 1.807) is 26.2 Å². The molecule has 0 saturated heterocycles. The normalized spacial score (nSPS) is 12.6. The van der Waals surface area contributed by atoms with E-state index in [2.05, 4.69) is 9.97 Å². The van der Waals surface area contributed by atoms with Crippen molar-refractivity contribution in [2.75, 3.05) is 14.1 Å². The zero-order valence-electron chi connectivity index (χ0n) is 10.4. The van der Waals surface area contributed by atoms with Crippen molar-refractivity contribution in [3.05, 3.63) is 34.2 Å². The van der Waals surface area contributed by atoms with E-state index in [9.17, 15) is 9.59 Å². The maximum absolute atomic E-state index is 11.6. The highest BCUT2D eigenvalue weighted by molar-refractivity contribution is 5.78. The zero-order valence-corrected chi connectivity index (χ0v) is 10.4. The third-order valence-corrected chi connectivity index (χ3v) is 2.86. The molecule has 1 aromatic heterocycles. The van der Waals surface area contributed by atoms with E-state index in [4.69, 9.17) is 5.73 Å². The van der Waals surface area contributed by atoms with Crippen LogP contribution in [0.15, 0.2) is 23.0 Å². The average Bonchev–Trinajstić information content (AvgIpc) is 2.67. The molecule has 0 radical (unpaired) electrons. The molecule has 0 aliphatic rings. The largest absolute Gasteiger partial charge is 0.349 e. The van der Waals surface area contributed by atoms with Gasteiger partial charge in [0, 0.05) is 26.6 Å². The summed E-state index contributed by atoms with van der Waals surface area (Å²) in [5, 5.41) is 0. The summed E-state index contributed by atoms with van der Waals surface area (Å²) in [6, 6.07) is 5.02. The van der Waals surface area contributed by atoms with Gasteiger partial charge in [0.1, 0.15) is 0 Å². The molecule has 0 aliphatic heterocycles. The number of aromatic nitrogens is 2. The molecule has 1 aromatic carbocycles. The first kappa shape index (κ1) is 12.4. The third-order valence-electron chi connectivity index (χ3n) is 2.86. The number of imidazole rings is 1. The van der Waals surface area contributed by atoms with E-state index >= 15 is 0 Å². The molecule has 0 fully saturated rings. The van der Waals surface area contributed by atoms with E-state index in [0.29, 0.717) is 5.52 Å². The predicted octanol–water partition coefficient (Wildman–Crippen LogP) is 0.334. The maximum Gasteiger partial charge on any atom is 0.323 e. The van der Waals surface area contributed by atoms with Crippen LogP contribution >= 0.6 is 0 Å². The lowest BCUT2D eigenvalue weighted by Gasteiger charge is -2.15. The number of hydrogen-bond donors (Lipinski definition) is 3. The highest BCUT2D eigenvalue weighted by atomic mass is 16.2. The molecule has 0 saturated carbocycles. The van der Waals surface area contributed by atoms with Crippen LogP contribution in [0, 0.1) is 0 Å². The fourth-order valence-electron chi connectivity index (χ4n) is 1.77. The summed E-state index contributed by atoms with van der Waals surface area (Å²) >= 11 is 0. The van der Waals surface area contributed by atoms with Crippen molar-refractivity contribution >= 4 is 16.9 Å². The first-order chi connectivity index (χ1) is 8.47. The second-order valence-corrected chi connectivity index (χ2v) is 4.48. The number of nitrogens with one attached hydrogen (secondary N) is 2. The van der Waals surface area contributed by atoms with E-state index in [1.165, 1.54) is 4.90 Å². The highest BCUT2D eigenvalue weighted by Gasteiger charge is 2.13. The van der Waals surface area contributed by atoms with Crippen LogP contribution in [0.3, 0.4) is 0 Å². The molecular weight excluding hydrogens is 232 g/mol. The Morgan fingerprint density at radius 2 is 2.00 bits per heavy atom. The van der Waals surface area contributed by atoms with E-state index in [0.717, 1.165) is 11.1 Å². The Kier molecular flexibility index (Phi) is 3.20. The number of fused-ring (bicyclic) bond motifs is 1. The van der Waals surface area contributed by atoms with Crippen LogP contribution in [0.2, 0.25) is 0 Å². The number of H-pyrrole nitrogens is 2. The highest BCUT2D eigenvalue weighted by Crippen LogP contribution is 2.18. The standard InChI is InChI=1S/C12H16N4O2/c1-16(2)11(17)6-8(13)7-3-4-9-10(5-7)15-12(18)14-9/h3-5,8H,6,13H2,1-2H3,(H2,14,15,18). The molecule has 18 heavy (non-hydrogen) atoms. The number of nitrogens with two attached hydrogens (primary N) is 1. The number of benzene rings is 1. The second kappa shape index (κ2) is 4.66. The van der Waals surface area contributed by atoms with Gasteiger partial charge in [-0.05, 0) is 17.7 Å². The Balaban J connectivity index is 2.24. The topological polar surface area (TPSA) is 95.0 Å². The van der Waals surface area contributed by atoms with Gasteiger partial charge in [-0.2, -0.15) is 0 Å². The van der Waals surface area contributed by atoms with Crippen molar-refractivity contribution in [3.63, 3.8) is 0 Å². The van der Waals surface area contributed by atoms with Crippen LogP contribution in [0.5, 0.6) is 0 Å². The van der Waals surface area contributed by atoms with E-state index < -0.39 is 0 Å². The van der Waals surface area contributed by atoms with Gasteiger partial charge in [-0.3, -0.25) is 4.79 Å². The molecule has 0 bridgehead atoms. The summed E-state index contributed by atoms with van der Waals surface area (Å²) in [6.07, 6.45) is 0.243. The summed E-state index contributed by atoms with van der Waals surface area (Å²) in [7, 11) is 3.39. The Labute approximate surface area is 104 Å². The molecule has 1 amide bonds. The van der Waals surface area contributed by atoms with Crippen molar-refractivity contribution in [2.45, 2.75) is 12.5 Å². The van der Waals surface area contributed by atoms with Gasteiger partial charge < -0.3 is 20.6 Å². The molecular formula is C12H16N4O2. The third kappa shape index (κ3) is 2.43. The van der Waals surface area contributed by atoms with Gasteiger partial charge in [0.15, 0.2) is 0 Å². The Bertz CT molecular complexity index is 626. The monoisotopic (exact) mass is 248 g/mol. The Morgan fingerprint density at radius 1 is 1.33 bits per heavy atom. The SMILES string of the molecule is CN(C)C(=O)CC(N)c1ccc2[nH]c(=O)[nH]c2c1. The lowest BCUT2D eigenvalue weighted by molar-refractivity contribution is -0.129. The van der Waals surface area contributed by atoms with Crippen molar-refractivity contribution in [1.82, 2.24) is 14.9 Å². The number of nitrogens with zero attached hydrogens (tertiary/aromatic N) is 1. The number of rotatable bonds is 3. The summed E-state index contributed by atoms with van der Waals surface area (Å²) in [4.78, 5) is 29.5.